The number of carboxylic acid groups (broad SMARTS) is 1. The van der Waals surface area contributed by atoms with Gasteiger partial charge in [-0.3, -0.25) is 4.79 Å². The zero-order valence-electron chi connectivity index (χ0n) is 10.5. The highest BCUT2D eigenvalue weighted by Gasteiger charge is 2.14. The first kappa shape index (κ1) is 14.0. The van der Waals surface area contributed by atoms with E-state index in [1.807, 2.05) is 24.3 Å². The van der Waals surface area contributed by atoms with Gasteiger partial charge < -0.3 is 15.2 Å². The molecule has 1 atom stereocenters. The van der Waals surface area contributed by atoms with Crippen molar-refractivity contribution < 1.29 is 19.4 Å². The van der Waals surface area contributed by atoms with Gasteiger partial charge in [-0.2, -0.15) is 0 Å². The van der Waals surface area contributed by atoms with E-state index < -0.39 is 6.09 Å². The lowest BCUT2D eigenvalue weighted by Crippen LogP contribution is -2.31. The summed E-state index contributed by atoms with van der Waals surface area (Å²) in [4.78, 5) is 21.9. The molecule has 0 aliphatic rings. The lowest BCUT2D eigenvalue weighted by molar-refractivity contribution is -0.121. The summed E-state index contributed by atoms with van der Waals surface area (Å²) in [6, 6.07) is 7.46. The van der Waals surface area contributed by atoms with E-state index >= 15 is 0 Å². The SMILES string of the molecule is COc1ccc(CC(C)C(=O)CNC(=O)O)cc1. The molecule has 2 N–H and O–H groups in total. The van der Waals surface area contributed by atoms with Gasteiger partial charge in [0, 0.05) is 5.92 Å². The van der Waals surface area contributed by atoms with Gasteiger partial charge in [-0.15, -0.1) is 0 Å². The van der Waals surface area contributed by atoms with Crippen molar-refractivity contribution in [2.75, 3.05) is 13.7 Å². The molecule has 1 amide bonds. The number of Topliss-reactive ketones (excluding diaryl/α,β-unsaturated/α-hetero) is 1. The van der Waals surface area contributed by atoms with E-state index in [-0.39, 0.29) is 18.2 Å². The number of rotatable bonds is 6. The van der Waals surface area contributed by atoms with E-state index in [2.05, 4.69) is 5.32 Å². The maximum absolute atomic E-state index is 11.6. The number of ketones is 1. The maximum Gasteiger partial charge on any atom is 0.405 e. The van der Waals surface area contributed by atoms with Crippen LogP contribution in [-0.2, 0) is 11.2 Å². The van der Waals surface area contributed by atoms with Gasteiger partial charge in [0.2, 0.25) is 0 Å². The Morgan fingerprint density at radius 2 is 1.94 bits per heavy atom. The van der Waals surface area contributed by atoms with Crippen LogP contribution in [0.1, 0.15) is 12.5 Å². The molecule has 1 rings (SSSR count). The molecular weight excluding hydrogens is 234 g/mol. The fourth-order valence-electron chi connectivity index (χ4n) is 1.57. The van der Waals surface area contributed by atoms with Crippen LogP contribution in [0.3, 0.4) is 0 Å². The Kier molecular flexibility index (Phi) is 5.17. The summed E-state index contributed by atoms with van der Waals surface area (Å²) in [6.45, 7) is 1.64. The minimum absolute atomic E-state index is 0.117. The van der Waals surface area contributed by atoms with Gasteiger partial charge in [0.1, 0.15) is 5.75 Å². The number of ether oxygens (including phenoxy) is 1. The summed E-state index contributed by atoms with van der Waals surface area (Å²) >= 11 is 0. The summed E-state index contributed by atoms with van der Waals surface area (Å²) < 4.78 is 5.04. The molecule has 0 saturated heterocycles. The molecule has 0 aromatic heterocycles. The van der Waals surface area contributed by atoms with Crippen LogP contribution in [0.5, 0.6) is 5.75 Å². The predicted octanol–water partition coefficient (Wildman–Crippen LogP) is 1.71. The van der Waals surface area contributed by atoms with E-state index in [4.69, 9.17) is 9.84 Å². The van der Waals surface area contributed by atoms with Crippen LogP contribution in [0.15, 0.2) is 24.3 Å². The second kappa shape index (κ2) is 6.64. The highest BCUT2D eigenvalue weighted by atomic mass is 16.5. The summed E-state index contributed by atoms with van der Waals surface area (Å²) in [7, 11) is 1.60. The number of methoxy groups -OCH3 is 1. The molecular formula is C13H17NO4. The highest BCUT2D eigenvalue weighted by molar-refractivity contribution is 5.85. The molecule has 0 spiro atoms. The van der Waals surface area contributed by atoms with Crippen LogP contribution in [0.25, 0.3) is 0 Å². The van der Waals surface area contributed by atoms with Crippen LogP contribution >= 0.6 is 0 Å². The van der Waals surface area contributed by atoms with Crippen LogP contribution in [0.4, 0.5) is 4.79 Å². The van der Waals surface area contributed by atoms with Gasteiger partial charge in [0.15, 0.2) is 5.78 Å². The first-order chi connectivity index (χ1) is 8.52. The van der Waals surface area contributed by atoms with Gasteiger partial charge in [0.05, 0.1) is 13.7 Å². The molecule has 0 fully saturated rings. The van der Waals surface area contributed by atoms with Gasteiger partial charge in [-0.05, 0) is 24.1 Å². The molecule has 18 heavy (non-hydrogen) atoms. The Morgan fingerprint density at radius 1 is 1.33 bits per heavy atom. The summed E-state index contributed by atoms with van der Waals surface area (Å²) in [6.07, 6.45) is -0.593. The zero-order chi connectivity index (χ0) is 13.5. The van der Waals surface area contributed by atoms with Crippen molar-refractivity contribution >= 4 is 11.9 Å². The Labute approximate surface area is 106 Å². The van der Waals surface area contributed by atoms with Crippen molar-refractivity contribution in [2.24, 2.45) is 5.92 Å². The zero-order valence-corrected chi connectivity index (χ0v) is 10.5. The van der Waals surface area contributed by atoms with Crippen LogP contribution < -0.4 is 10.1 Å². The molecule has 5 nitrogen and oxygen atoms in total. The number of hydrogen-bond donors (Lipinski definition) is 2. The minimum atomic E-state index is -1.18. The molecule has 0 radical (unpaired) electrons. The molecule has 5 heteroatoms. The topological polar surface area (TPSA) is 75.6 Å². The number of carbonyl (C=O) groups excluding carboxylic acids is 1. The third-order valence-corrected chi connectivity index (χ3v) is 2.66. The fourth-order valence-corrected chi connectivity index (χ4v) is 1.57. The van der Waals surface area contributed by atoms with E-state index in [1.54, 1.807) is 14.0 Å². The average Bonchev–Trinajstić information content (AvgIpc) is 2.36. The Bertz CT molecular complexity index is 414. The van der Waals surface area contributed by atoms with Crippen molar-refractivity contribution in [3.05, 3.63) is 29.8 Å². The second-order valence-electron chi connectivity index (χ2n) is 4.08. The number of nitrogens with one attached hydrogen (secondary N) is 1. The third kappa shape index (κ3) is 4.45. The lowest BCUT2D eigenvalue weighted by Gasteiger charge is -2.10. The average molecular weight is 251 g/mol. The molecule has 0 aliphatic carbocycles. The van der Waals surface area contributed by atoms with E-state index in [9.17, 15) is 9.59 Å². The van der Waals surface area contributed by atoms with Crippen molar-refractivity contribution in [3.8, 4) is 5.75 Å². The largest absolute Gasteiger partial charge is 0.497 e. The Balaban J connectivity index is 2.49. The first-order valence-electron chi connectivity index (χ1n) is 5.65. The Hall–Kier alpha value is -2.04. The number of amides is 1. The first-order valence-corrected chi connectivity index (χ1v) is 5.65. The fraction of sp³-hybridized carbons (Fsp3) is 0.385. The van der Waals surface area contributed by atoms with Gasteiger partial charge in [-0.25, -0.2) is 4.79 Å². The van der Waals surface area contributed by atoms with Gasteiger partial charge in [0.25, 0.3) is 0 Å². The second-order valence-corrected chi connectivity index (χ2v) is 4.08. The predicted molar refractivity (Wildman–Crippen MR) is 66.9 cm³/mol. The molecule has 0 saturated carbocycles. The molecule has 1 unspecified atom stereocenters. The molecule has 0 bridgehead atoms. The van der Waals surface area contributed by atoms with Crippen molar-refractivity contribution in [1.29, 1.82) is 0 Å². The van der Waals surface area contributed by atoms with Crippen LogP contribution in [0, 0.1) is 5.92 Å². The smallest absolute Gasteiger partial charge is 0.405 e. The summed E-state index contributed by atoms with van der Waals surface area (Å²) in [5.41, 5.74) is 1.02. The number of hydrogen-bond acceptors (Lipinski definition) is 3. The molecule has 1 aromatic carbocycles. The van der Waals surface area contributed by atoms with Gasteiger partial charge in [-0.1, -0.05) is 19.1 Å². The standard InChI is InChI=1S/C13H17NO4/c1-9(12(15)8-14-13(16)17)7-10-3-5-11(18-2)6-4-10/h3-6,9,14H,7-8H2,1-2H3,(H,16,17). The van der Waals surface area contributed by atoms with Crippen LogP contribution in [0.2, 0.25) is 0 Å². The molecule has 0 aliphatic heterocycles. The summed E-state index contributed by atoms with van der Waals surface area (Å²) in [5.74, 6) is 0.434. The molecule has 0 heterocycles. The van der Waals surface area contributed by atoms with Crippen molar-refractivity contribution in [3.63, 3.8) is 0 Å². The van der Waals surface area contributed by atoms with E-state index in [0.717, 1.165) is 11.3 Å². The Morgan fingerprint density at radius 3 is 2.44 bits per heavy atom. The van der Waals surface area contributed by atoms with Crippen molar-refractivity contribution in [2.45, 2.75) is 13.3 Å². The highest BCUT2D eigenvalue weighted by Crippen LogP contribution is 2.14. The van der Waals surface area contributed by atoms with Crippen molar-refractivity contribution in [1.82, 2.24) is 5.32 Å². The number of carbonyl (C=O) groups is 2. The third-order valence-electron chi connectivity index (χ3n) is 2.66. The quantitative estimate of drug-likeness (QED) is 0.807. The normalized spacial score (nSPS) is 11.7. The summed E-state index contributed by atoms with van der Waals surface area (Å²) in [5, 5.41) is 10.5. The number of benzene rings is 1. The van der Waals surface area contributed by atoms with E-state index in [1.165, 1.54) is 0 Å². The lowest BCUT2D eigenvalue weighted by atomic mass is 9.97. The minimum Gasteiger partial charge on any atom is -0.497 e. The maximum atomic E-state index is 11.6. The van der Waals surface area contributed by atoms with Crippen LogP contribution in [-0.4, -0.2) is 30.6 Å². The molecule has 98 valence electrons. The molecule has 1 aromatic rings. The monoisotopic (exact) mass is 251 g/mol. The van der Waals surface area contributed by atoms with Gasteiger partial charge >= 0.3 is 6.09 Å². The van der Waals surface area contributed by atoms with E-state index in [0.29, 0.717) is 6.42 Å².